The molecule has 1 aliphatic carbocycles. The summed E-state index contributed by atoms with van der Waals surface area (Å²) in [5.74, 6) is 1.62. The van der Waals surface area contributed by atoms with Crippen molar-refractivity contribution in [1.29, 1.82) is 0 Å². The Bertz CT molecular complexity index is 1340. The van der Waals surface area contributed by atoms with Gasteiger partial charge in [0.1, 0.15) is 11.9 Å². The van der Waals surface area contributed by atoms with E-state index in [2.05, 4.69) is 20.2 Å². The first-order valence-electron chi connectivity index (χ1n) is 13.9. The van der Waals surface area contributed by atoms with Crippen LogP contribution in [0.2, 0.25) is 0 Å². The Morgan fingerprint density at radius 3 is 2.33 bits per heavy atom. The third-order valence-corrected chi connectivity index (χ3v) is 7.16. The van der Waals surface area contributed by atoms with Gasteiger partial charge in [0.05, 0.1) is 36.9 Å². The first-order chi connectivity index (χ1) is 19.2. The molecule has 1 aliphatic heterocycles. The summed E-state index contributed by atoms with van der Waals surface area (Å²) >= 11 is 0. The summed E-state index contributed by atoms with van der Waals surface area (Å²) in [5.41, 5.74) is 0.899. The van der Waals surface area contributed by atoms with Crippen LogP contribution >= 0.6 is 0 Å². The molecule has 2 aliphatic rings. The molecular formula is C31H36N4O5. The van der Waals surface area contributed by atoms with Crippen LogP contribution in [0.1, 0.15) is 50.7 Å². The topological polar surface area (TPSA) is 114 Å². The molecule has 1 saturated carbocycles. The molecule has 40 heavy (non-hydrogen) atoms. The fourth-order valence-corrected chi connectivity index (χ4v) is 4.73. The van der Waals surface area contributed by atoms with E-state index in [0.29, 0.717) is 30.7 Å². The van der Waals surface area contributed by atoms with Gasteiger partial charge in [-0.2, -0.15) is 0 Å². The molecule has 2 heterocycles. The van der Waals surface area contributed by atoms with Crippen LogP contribution in [0.25, 0.3) is 0 Å². The Hall–Kier alpha value is -4.14. The first kappa shape index (κ1) is 27.4. The van der Waals surface area contributed by atoms with E-state index in [1.54, 1.807) is 26.2 Å². The van der Waals surface area contributed by atoms with Gasteiger partial charge in [-0.3, -0.25) is 14.6 Å². The molecule has 0 unspecified atom stereocenters. The number of anilines is 2. The highest BCUT2D eigenvalue weighted by Gasteiger charge is 2.28. The third kappa shape index (κ3) is 7.28. The predicted octanol–water partition coefficient (Wildman–Crippen LogP) is 4.90. The minimum atomic E-state index is -0.849. The Morgan fingerprint density at radius 2 is 1.65 bits per heavy atom. The lowest BCUT2D eigenvalue weighted by atomic mass is 9.86. The first-order valence-corrected chi connectivity index (χ1v) is 13.9. The van der Waals surface area contributed by atoms with E-state index in [4.69, 9.17) is 9.47 Å². The van der Waals surface area contributed by atoms with E-state index in [0.717, 1.165) is 54.9 Å². The second-order valence-corrected chi connectivity index (χ2v) is 11.3. The molecule has 9 heteroatoms. The van der Waals surface area contributed by atoms with Crippen molar-refractivity contribution in [3.05, 3.63) is 72.1 Å². The van der Waals surface area contributed by atoms with Crippen molar-refractivity contribution in [3.63, 3.8) is 0 Å². The number of piperidine rings is 1. The number of nitrogens with zero attached hydrogens (tertiary/aromatic N) is 3. The Balaban J connectivity index is 1.16. The zero-order chi connectivity index (χ0) is 28.1. The molecule has 0 bridgehead atoms. The van der Waals surface area contributed by atoms with E-state index in [-0.39, 0.29) is 18.4 Å². The summed E-state index contributed by atoms with van der Waals surface area (Å²) in [6, 6.07) is 15.3. The largest absolute Gasteiger partial charge is 0.487 e. The zero-order valence-electron chi connectivity index (χ0n) is 23.0. The number of carboxylic acid groups (broad SMARTS) is 1. The molecule has 1 saturated heterocycles. The van der Waals surface area contributed by atoms with Crippen molar-refractivity contribution in [2.24, 2.45) is 5.41 Å². The van der Waals surface area contributed by atoms with Crippen molar-refractivity contribution in [2.75, 3.05) is 23.3 Å². The van der Waals surface area contributed by atoms with Crippen LogP contribution in [-0.4, -0.2) is 52.2 Å². The normalized spacial score (nSPS) is 17.2. The van der Waals surface area contributed by atoms with Crippen molar-refractivity contribution in [1.82, 2.24) is 9.97 Å². The number of hydrogen-bond donors (Lipinski definition) is 2. The van der Waals surface area contributed by atoms with Gasteiger partial charge in [0.25, 0.3) is 0 Å². The van der Waals surface area contributed by atoms with Crippen molar-refractivity contribution < 1.29 is 24.2 Å². The number of amides is 1. The molecule has 2 N–H and O–H groups in total. The second kappa shape index (κ2) is 11.9. The van der Waals surface area contributed by atoms with Crippen LogP contribution in [0.5, 0.6) is 11.5 Å². The van der Waals surface area contributed by atoms with Crippen molar-refractivity contribution >= 4 is 23.5 Å². The maximum absolute atomic E-state index is 12.7. The molecule has 2 aromatic carbocycles. The number of carboxylic acids is 1. The number of carbonyl (C=O) groups excluding carboxylic acids is 1. The number of aliphatic carboxylic acids is 1. The van der Waals surface area contributed by atoms with Gasteiger partial charge in [-0.1, -0.05) is 36.4 Å². The van der Waals surface area contributed by atoms with Gasteiger partial charge in [0.2, 0.25) is 5.91 Å². The molecule has 5 rings (SSSR count). The van der Waals surface area contributed by atoms with Gasteiger partial charge >= 0.3 is 5.97 Å². The van der Waals surface area contributed by atoms with Gasteiger partial charge < -0.3 is 24.8 Å². The van der Waals surface area contributed by atoms with E-state index in [1.165, 1.54) is 0 Å². The summed E-state index contributed by atoms with van der Waals surface area (Å²) in [7, 11) is 0. The fourth-order valence-electron chi connectivity index (χ4n) is 4.73. The minimum absolute atomic E-state index is 0.0122. The van der Waals surface area contributed by atoms with Crippen LogP contribution in [-0.2, 0) is 22.4 Å². The average Bonchev–Trinajstić information content (AvgIpc) is 3.75. The lowest BCUT2D eigenvalue weighted by molar-refractivity contribution is -0.146. The number of benzene rings is 2. The number of carbonyl (C=O) groups is 2. The van der Waals surface area contributed by atoms with Crippen LogP contribution < -0.4 is 19.7 Å². The number of aromatic nitrogens is 2. The maximum atomic E-state index is 12.7. The standard InChI is InChI=1S/C31H36N4O5/c1-31(2,30(37)38)17-22-11-9-21(10-12-22)16-29(36)34-27-18-32-19-28(33-27)35-15-5-6-24(20-35)40-26-8-4-3-7-25(26)39-23-13-14-23/h3-4,7-12,18-19,23-24H,5-6,13-17,20H2,1-2H3,(H,37,38)(H,33,34,36)/t24-/m1/s1. The molecule has 1 atom stereocenters. The number of rotatable bonds is 11. The number of ether oxygens (including phenoxy) is 2. The van der Waals surface area contributed by atoms with Gasteiger partial charge in [-0.05, 0) is 69.2 Å². The van der Waals surface area contributed by atoms with Crippen LogP contribution in [0.15, 0.2) is 60.9 Å². The average molecular weight is 545 g/mol. The van der Waals surface area contributed by atoms with Gasteiger partial charge in [0, 0.05) is 6.54 Å². The Labute approximate surface area is 234 Å². The quantitative estimate of drug-likeness (QED) is 0.350. The highest BCUT2D eigenvalue weighted by atomic mass is 16.5. The molecule has 3 aromatic rings. The molecule has 2 fully saturated rings. The van der Waals surface area contributed by atoms with Gasteiger partial charge in [0.15, 0.2) is 17.3 Å². The SMILES string of the molecule is CC(C)(Cc1ccc(CC(=O)Nc2cncc(N3CCC[C@@H](Oc4ccccc4OC4CC4)C3)n2)cc1)C(=O)O. The van der Waals surface area contributed by atoms with Crippen LogP contribution in [0.4, 0.5) is 11.6 Å². The van der Waals surface area contributed by atoms with E-state index in [9.17, 15) is 14.7 Å². The van der Waals surface area contributed by atoms with E-state index >= 15 is 0 Å². The maximum Gasteiger partial charge on any atom is 0.309 e. The number of para-hydroxylation sites is 2. The van der Waals surface area contributed by atoms with Gasteiger partial charge in [-0.25, -0.2) is 4.98 Å². The summed E-state index contributed by atoms with van der Waals surface area (Å²) in [6.07, 6.45) is 8.21. The van der Waals surface area contributed by atoms with Crippen molar-refractivity contribution in [2.45, 2.75) is 64.6 Å². The summed E-state index contributed by atoms with van der Waals surface area (Å²) in [6.45, 7) is 4.89. The predicted molar refractivity (Wildman–Crippen MR) is 152 cm³/mol. The summed E-state index contributed by atoms with van der Waals surface area (Å²) < 4.78 is 12.4. The van der Waals surface area contributed by atoms with Crippen LogP contribution in [0, 0.1) is 5.41 Å². The molecule has 0 spiro atoms. The summed E-state index contributed by atoms with van der Waals surface area (Å²) in [5, 5.41) is 12.2. The number of nitrogens with one attached hydrogen (secondary N) is 1. The molecule has 9 nitrogen and oxygen atoms in total. The third-order valence-electron chi connectivity index (χ3n) is 7.16. The van der Waals surface area contributed by atoms with Crippen LogP contribution in [0.3, 0.4) is 0 Å². The Morgan fingerprint density at radius 1 is 0.975 bits per heavy atom. The lowest BCUT2D eigenvalue weighted by Crippen LogP contribution is -2.41. The molecular weight excluding hydrogens is 508 g/mol. The van der Waals surface area contributed by atoms with E-state index < -0.39 is 11.4 Å². The smallest absolute Gasteiger partial charge is 0.309 e. The molecule has 1 aromatic heterocycles. The fraction of sp³-hybridized carbons (Fsp3) is 0.419. The van der Waals surface area contributed by atoms with Gasteiger partial charge in [-0.15, -0.1) is 0 Å². The second-order valence-electron chi connectivity index (χ2n) is 11.3. The molecule has 210 valence electrons. The monoisotopic (exact) mass is 544 g/mol. The zero-order valence-corrected chi connectivity index (χ0v) is 23.0. The van der Waals surface area contributed by atoms with Crippen molar-refractivity contribution in [3.8, 4) is 11.5 Å². The highest BCUT2D eigenvalue weighted by molar-refractivity contribution is 5.91. The molecule has 1 amide bonds. The molecule has 0 radical (unpaired) electrons. The minimum Gasteiger partial charge on any atom is -0.487 e. The summed E-state index contributed by atoms with van der Waals surface area (Å²) in [4.78, 5) is 35.2. The Kier molecular flexibility index (Phi) is 8.19. The highest BCUT2D eigenvalue weighted by Crippen LogP contribution is 2.35. The van der Waals surface area contributed by atoms with E-state index in [1.807, 2.05) is 48.5 Å². The number of hydrogen-bond acceptors (Lipinski definition) is 7. The lowest BCUT2D eigenvalue weighted by Gasteiger charge is -2.33.